The number of amides is 2. The third-order valence-electron chi connectivity index (χ3n) is 4.32. The van der Waals surface area contributed by atoms with Crippen LogP contribution in [0.5, 0.6) is 0 Å². The van der Waals surface area contributed by atoms with Gasteiger partial charge in [0.1, 0.15) is 17.1 Å². The van der Waals surface area contributed by atoms with E-state index in [9.17, 15) is 9.59 Å². The molecule has 1 aromatic rings. The summed E-state index contributed by atoms with van der Waals surface area (Å²) in [5.41, 5.74) is 14.9. The van der Waals surface area contributed by atoms with Crippen LogP contribution in [0, 0.1) is 5.92 Å². The first-order valence-corrected chi connectivity index (χ1v) is 9.16. The number of hydrogen-bond donors (Lipinski definition) is 3. The molecule has 0 radical (unpaired) electrons. The molecule has 2 rings (SSSR count). The Morgan fingerprint density at radius 3 is 2.39 bits per heavy atom. The van der Waals surface area contributed by atoms with Gasteiger partial charge in [-0.25, -0.2) is 9.79 Å². The van der Waals surface area contributed by atoms with Crippen LogP contribution >= 0.6 is 0 Å². The van der Waals surface area contributed by atoms with Gasteiger partial charge in [-0.1, -0.05) is 6.07 Å². The highest BCUT2D eigenvalue weighted by atomic mass is 16.6. The maximum absolute atomic E-state index is 12.2. The lowest BCUT2D eigenvalue weighted by Gasteiger charge is -2.33. The van der Waals surface area contributed by atoms with Crippen LogP contribution in [0.4, 0.5) is 16.2 Å². The number of nitrogens with one attached hydrogen (secondary N) is 1. The Hall–Kier alpha value is -2.81. The molecule has 0 aliphatic carbocycles. The van der Waals surface area contributed by atoms with Gasteiger partial charge in [0.25, 0.3) is 5.91 Å². The molecule has 5 N–H and O–H groups in total. The number of nitrogens with zero attached hydrogens (tertiary/aromatic N) is 2. The molecule has 0 aromatic heterocycles. The summed E-state index contributed by atoms with van der Waals surface area (Å²) in [4.78, 5) is 35.0. The second-order valence-electron chi connectivity index (χ2n) is 7.65. The molecule has 0 atom stereocenters. The second-order valence-corrected chi connectivity index (χ2v) is 7.65. The van der Waals surface area contributed by atoms with Gasteiger partial charge in [0.2, 0.25) is 0 Å². The Balaban J connectivity index is 2.13. The van der Waals surface area contributed by atoms with Crippen molar-refractivity contribution in [2.75, 3.05) is 25.7 Å². The van der Waals surface area contributed by atoms with Gasteiger partial charge < -0.3 is 21.1 Å². The van der Waals surface area contributed by atoms with Crippen LogP contribution in [0.2, 0.25) is 0 Å². The van der Waals surface area contributed by atoms with Crippen molar-refractivity contribution in [3.05, 3.63) is 23.8 Å². The number of benzene rings is 1. The number of amidine groups is 1. The third kappa shape index (κ3) is 5.59. The van der Waals surface area contributed by atoms with E-state index in [1.54, 1.807) is 23.1 Å². The lowest BCUT2D eigenvalue weighted by Crippen LogP contribution is -2.44. The highest BCUT2D eigenvalue weighted by Gasteiger charge is 2.28. The molecule has 1 saturated heterocycles. The predicted molar refractivity (Wildman–Crippen MR) is 107 cm³/mol. The maximum atomic E-state index is 12.2. The van der Waals surface area contributed by atoms with Gasteiger partial charge in [0, 0.05) is 19.0 Å². The van der Waals surface area contributed by atoms with Crippen molar-refractivity contribution < 1.29 is 19.2 Å². The fourth-order valence-electron chi connectivity index (χ4n) is 2.96. The summed E-state index contributed by atoms with van der Waals surface area (Å²) in [5.74, 6) is -0.238. The van der Waals surface area contributed by atoms with Crippen molar-refractivity contribution in [2.45, 2.75) is 39.2 Å². The number of likely N-dealkylation sites (tertiary alicyclic amines) is 1. The number of rotatable bonds is 5. The molecule has 1 fully saturated rings. The van der Waals surface area contributed by atoms with Gasteiger partial charge in [-0.2, -0.15) is 0 Å². The van der Waals surface area contributed by atoms with E-state index in [0.29, 0.717) is 43.1 Å². The number of carbonyl (C=O) groups is 2. The average molecular weight is 391 g/mol. The number of piperidine rings is 1. The van der Waals surface area contributed by atoms with E-state index in [4.69, 9.17) is 21.0 Å². The Bertz CT molecular complexity index is 749. The van der Waals surface area contributed by atoms with E-state index in [-0.39, 0.29) is 17.6 Å². The van der Waals surface area contributed by atoms with Crippen molar-refractivity contribution >= 4 is 29.2 Å². The highest BCUT2D eigenvalue weighted by molar-refractivity contribution is 6.02. The predicted octanol–water partition coefficient (Wildman–Crippen LogP) is 2.39. The quantitative estimate of drug-likeness (QED) is 0.401. The minimum absolute atomic E-state index is 0.0185. The van der Waals surface area contributed by atoms with Crippen molar-refractivity contribution in [1.29, 1.82) is 0 Å². The first-order valence-electron chi connectivity index (χ1n) is 9.16. The minimum atomic E-state index is -0.606. The molecule has 28 heavy (non-hydrogen) atoms. The summed E-state index contributed by atoms with van der Waals surface area (Å²) < 4.78 is 5.41. The monoisotopic (exact) mass is 391 g/mol. The zero-order valence-electron chi connectivity index (χ0n) is 16.8. The van der Waals surface area contributed by atoms with Crippen molar-refractivity contribution in [1.82, 2.24) is 4.90 Å². The molecule has 0 saturated carbocycles. The maximum Gasteiger partial charge on any atom is 0.410 e. The molecular weight excluding hydrogens is 362 g/mol. The van der Waals surface area contributed by atoms with Crippen LogP contribution in [-0.4, -0.2) is 48.5 Å². The number of aliphatic imine (C=N–C) groups is 1. The van der Waals surface area contributed by atoms with E-state index in [1.807, 2.05) is 20.8 Å². The van der Waals surface area contributed by atoms with Gasteiger partial charge in [0.05, 0.1) is 18.4 Å². The Labute approximate surface area is 165 Å². The zero-order valence-corrected chi connectivity index (χ0v) is 16.8. The standard InChI is InChI=1S/C19H29N5O4/c1-19(2,3)28-18(26)24-10-8-12(9-11-24)16(20)22-15-13(17(21)25)6-5-7-14(15)23-27-4/h5-7,12,23H,8-11H2,1-4H3,(H2,20,22)(H2,21,25). The molecular formula is C19H29N5O4. The number of carbonyl (C=O) groups excluding carboxylic acids is 2. The first kappa shape index (κ1) is 21.5. The number of anilines is 1. The molecule has 0 spiro atoms. The summed E-state index contributed by atoms with van der Waals surface area (Å²) in [6.07, 6.45) is 0.980. The summed E-state index contributed by atoms with van der Waals surface area (Å²) in [7, 11) is 1.46. The van der Waals surface area contributed by atoms with E-state index in [2.05, 4.69) is 10.5 Å². The van der Waals surface area contributed by atoms with Gasteiger partial charge in [0.15, 0.2) is 0 Å². The van der Waals surface area contributed by atoms with Crippen LogP contribution < -0.4 is 16.9 Å². The minimum Gasteiger partial charge on any atom is -0.444 e. The van der Waals surface area contributed by atoms with Crippen molar-refractivity contribution in [3.63, 3.8) is 0 Å². The van der Waals surface area contributed by atoms with E-state index < -0.39 is 11.5 Å². The second kappa shape index (κ2) is 8.92. The smallest absolute Gasteiger partial charge is 0.410 e. The lowest BCUT2D eigenvalue weighted by atomic mass is 9.96. The Morgan fingerprint density at radius 2 is 1.86 bits per heavy atom. The summed E-state index contributed by atoms with van der Waals surface area (Å²) in [6, 6.07) is 4.98. The number of ether oxygens (including phenoxy) is 1. The lowest BCUT2D eigenvalue weighted by molar-refractivity contribution is 0.0201. The summed E-state index contributed by atoms with van der Waals surface area (Å²) in [6.45, 7) is 6.56. The SMILES string of the molecule is CONc1cccc(C(N)=O)c1N=C(N)C1CCN(C(=O)OC(C)(C)C)CC1. The zero-order chi connectivity index (χ0) is 20.9. The molecule has 1 aliphatic rings. The van der Waals surface area contributed by atoms with Gasteiger partial charge in [-0.15, -0.1) is 0 Å². The fraction of sp³-hybridized carbons (Fsp3) is 0.526. The van der Waals surface area contributed by atoms with E-state index in [0.717, 1.165) is 0 Å². The van der Waals surface area contributed by atoms with Gasteiger partial charge >= 0.3 is 6.09 Å². The van der Waals surface area contributed by atoms with Crippen LogP contribution in [0.15, 0.2) is 23.2 Å². The summed E-state index contributed by atoms with van der Waals surface area (Å²) >= 11 is 0. The number of nitrogens with two attached hydrogens (primary N) is 2. The van der Waals surface area contributed by atoms with Gasteiger partial charge in [-0.3, -0.25) is 15.1 Å². The topological polar surface area (TPSA) is 132 Å². The molecule has 9 nitrogen and oxygen atoms in total. The molecule has 1 aromatic carbocycles. The van der Waals surface area contributed by atoms with Crippen LogP contribution in [0.25, 0.3) is 0 Å². The van der Waals surface area contributed by atoms with E-state index in [1.165, 1.54) is 7.11 Å². The third-order valence-corrected chi connectivity index (χ3v) is 4.32. The molecule has 1 aliphatic heterocycles. The normalized spacial score (nSPS) is 16.0. The number of primary amides is 1. The van der Waals surface area contributed by atoms with E-state index >= 15 is 0 Å². The number of hydrogen-bond acceptors (Lipinski definition) is 6. The van der Waals surface area contributed by atoms with Crippen molar-refractivity contribution in [2.24, 2.45) is 22.4 Å². The Kier molecular flexibility index (Phi) is 6.85. The molecule has 0 bridgehead atoms. The summed E-state index contributed by atoms with van der Waals surface area (Å²) in [5, 5.41) is 0. The van der Waals surface area contributed by atoms with Crippen LogP contribution in [0.1, 0.15) is 44.0 Å². The molecule has 1 heterocycles. The largest absolute Gasteiger partial charge is 0.444 e. The average Bonchev–Trinajstić information content (AvgIpc) is 2.61. The number of para-hydroxylation sites is 1. The molecule has 154 valence electrons. The fourth-order valence-corrected chi connectivity index (χ4v) is 2.96. The van der Waals surface area contributed by atoms with Crippen LogP contribution in [0.3, 0.4) is 0 Å². The highest BCUT2D eigenvalue weighted by Crippen LogP contribution is 2.31. The van der Waals surface area contributed by atoms with Crippen LogP contribution in [-0.2, 0) is 9.57 Å². The first-order chi connectivity index (χ1) is 13.1. The molecule has 0 unspecified atom stereocenters. The van der Waals surface area contributed by atoms with Gasteiger partial charge in [-0.05, 0) is 45.7 Å². The Morgan fingerprint density at radius 1 is 1.21 bits per heavy atom. The molecule has 2 amide bonds. The van der Waals surface area contributed by atoms with Crippen molar-refractivity contribution in [3.8, 4) is 0 Å². The molecule has 9 heteroatoms.